The van der Waals surface area contributed by atoms with Gasteiger partial charge < -0.3 is 10.2 Å². The standard InChI is InChI=1S/C10H14O5S/c1-3-10(11,12)15-16(13,14)9-6-4-8(2)5-7-9/h4-7,11-12H,3H2,1-2H3. The number of hydrogen-bond donors (Lipinski definition) is 2. The summed E-state index contributed by atoms with van der Waals surface area (Å²) in [6.45, 7) is 3.20. The molecule has 5 nitrogen and oxygen atoms in total. The monoisotopic (exact) mass is 246 g/mol. The number of aryl methyl sites for hydroxylation is 1. The van der Waals surface area contributed by atoms with Gasteiger partial charge in [-0.1, -0.05) is 24.6 Å². The van der Waals surface area contributed by atoms with Crippen molar-refractivity contribution in [1.82, 2.24) is 0 Å². The molecule has 0 aromatic heterocycles. The van der Waals surface area contributed by atoms with E-state index in [4.69, 9.17) is 10.2 Å². The average molecular weight is 246 g/mol. The maximum atomic E-state index is 11.6. The molecule has 1 aromatic carbocycles. The molecule has 1 aromatic rings. The van der Waals surface area contributed by atoms with E-state index in [1.54, 1.807) is 12.1 Å². The first kappa shape index (κ1) is 13.1. The van der Waals surface area contributed by atoms with E-state index in [-0.39, 0.29) is 11.3 Å². The topological polar surface area (TPSA) is 83.8 Å². The SMILES string of the molecule is CCC(O)(O)OS(=O)(=O)c1ccc(C)cc1. The smallest absolute Gasteiger partial charge is 0.301 e. The summed E-state index contributed by atoms with van der Waals surface area (Å²) in [5, 5.41) is 18.3. The zero-order valence-corrected chi connectivity index (χ0v) is 9.86. The molecule has 0 aliphatic carbocycles. The predicted molar refractivity (Wildman–Crippen MR) is 56.9 cm³/mol. The molecule has 16 heavy (non-hydrogen) atoms. The molecular formula is C10H14O5S. The molecule has 90 valence electrons. The number of rotatable bonds is 4. The summed E-state index contributed by atoms with van der Waals surface area (Å²) >= 11 is 0. The van der Waals surface area contributed by atoms with Gasteiger partial charge in [-0.15, -0.1) is 0 Å². The Labute approximate surface area is 94.4 Å². The van der Waals surface area contributed by atoms with Crippen molar-refractivity contribution in [2.75, 3.05) is 0 Å². The van der Waals surface area contributed by atoms with E-state index in [9.17, 15) is 8.42 Å². The fourth-order valence-electron chi connectivity index (χ4n) is 0.988. The van der Waals surface area contributed by atoms with Gasteiger partial charge in [-0.25, -0.2) is 4.18 Å². The lowest BCUT2D eigenvalue weighted by Crippen LogP contribution is -2.33. The molecule has 0 atom stereocenters. The van der Waals surface area contributed by atoms with Crippen molar-refractivity contribution in [2.45, 2.75) is 31.1 Å². The van der Waals surface area contributed by atoms with Crippen LogP contribution in [0.5, 0.6) is 0 Å². The summed E-state index contributed by atoms with van der Waals surface area (Å²) in [6, 6.07) is 5.88. The third kappa shape index (κ3) is 3.28. The second-order valence-electron chi connectivity index (χ2n) is 3.45. The Bertz CT molecular complexity index is 447. The normalized spacial score (nSPS) is 12.8. The van der Waals surface area contributed by atoms with Crippen LogP contribution < -0.4 is 0 Å². The number of hydrogen-bond acceptors (Lipinski definition) is 5. The van der Waals surface area contributed by atoms with Crippen LogP contribution in [0.15, 0.2) is 29.2 Å². The Balaban J connectivity index is 2.99. The lowest BCUT2D eigenvalue weighted by Gasteiger charge is -2.19. The van der Waals surface area contributed by atoms with Gasteiger partial charge in [0.05, 0.1) is 4.90 Å². The van der Waals surface area contributed by atoms with E-state index >= 15 is 0 Å². The summed E-state index contributed by atoms with van der Waals surface area (Å²) in [6.07, 6.45) is -0.252. The largest absolute Gasteiger partial charge is 0.343 e. The molecule has 0 aliphatic heterocycles. The van der Waals surface area contributed by atoms with Crippen LogP contribution in [0.3, 0.4) is 0 Å². The van der Waals surface area contributed by atoms with Gasteiger partial charge in [0, 0.05) is 6.42 Å². The van der Waals surface area contributed by atoms with Gasteiger partial charge in [0.2, 0.25) is 0 Å². The van der Waals surface area contributed by atoms with Crippen molar-refractivity contribution in [3.05, 3.63) is 29.8 Å². The molecule has 1 rings (SSSR count). The van der Waals surface area contributed by atoms with Crippen molar-refractivity contribution in [2.24, 2.45) is 0 Å². The molecule has 0 unspecified atom stereocenters. The second kappa shape index (κ2) is 4.50. The Morgan fingerprint density at radius 2 is 1.75 bits per heavy atom. The fraction of sp³-hybridized carbons (Fsp3) is 0.400. The van der Waals surface area contributed by atoms with E-state index in [0.717, 1.165) is 5.56 Å². The highest BCUT2D eigenvalue weighted by Gasteiger charge is 2.30. The Morgan fingerprint density at radius 1 is 1.25 bits per heavy atom. The zero-order chi connectivity index (χ0) is 12.4. The second-order valence-corrected chi connectivity index (χ2v) is 4.99. The van der Waals surface area contributed by atoms with E-state index in [1.165, 1.54) is 19.1 Å². The van der Waals surface area contributed by atoms with Gasteiger partial charge in [-0.2, -0.15) is 8.42 Å². The highest BCUT2D eigenvalue weighted by Crippen LogP contribution is 2.19. The molecule has 6 heteroatoms. The zero-order valence-electron chi connectivity index (χ0n) is 9.04. The molecule has 2 N–H and O–H groups in total. The summed E-state index contributed by atoms with van der Waals surface area (Å²) in [4.78, 5) is -0.112. The number of aliphatic hydroxyl groups is 2. The van der Waals surface area contributed by atoms with Gasteiger partial charge in [0.1, 0.15) is 0 Å². The lowest BCUT2D eigenvalue weighted by molar-refractivity contribution is -0.290. The first-order valence-electron chi connectivity index (χ1n) is 4.74. The molecule has 0 amide bonds. The van der Waals surface area contributed by atoms with Crippen LogP contribution in [-0.2, 0) is 14.3 Å². The molecule has 0 radical (unpaired) electrons. The van der Waals surface area contributed by atoms with E-state index in [0.29, 0.717) is 0 Å². The summed E-state index contributed by atoms with van der Waals surface area (Å²) < 4.78 is 27.4. The molecular weight excluding hydrogens is 232 g/mol. The van der Waals surface area contributed by atoms with E-state index in [1.807, 2.05) is 6.92 Å². The van der Waals surface area contributed by atoms with Crippen LogP contribution in [0.25, 0.3) is 0 Å². The third-order valence-electron chi connectivity index (χ3n) is 2.01. The fourth-order valence-corrected chi connectivity index (χ4v) is 2.02. The summed E-state index contributed by atoms with van der Waals surface area (Å²) in [5.74, 6) is -2.66. The highest BCUT2D eigenvalue weighted by molar-refractivity contribution is 7.86. The van der Waals surface area contributed by atoms with Crippen molar-refractivity contribution >= 4 is 10.1 Å². The molecule has 0 saturated heterocycles. The van der Waals surface area contributed by atoms with E-state index < -0.39 is 16.1 Å². The quantitative estimate of drug-likeness (QED) is 0.605. The Kier molecular flexibility index (Phi) is 3.69. The predicted octanol–water partition coefficient (Wildman–Crippen LogP) is 0.749. The van der Waals surface area contributed by atoms with E-state index in [2.05, 4.69) is 4.18 Å². The molecule has 0 heterocycles. The van der Waals surface area contributed by atoms with Crippen molar-refractivity contribution in [3.63, 3.8) is 0 Å². The van der Waals surface area contributed by atoms with Crippen LogP contribution in [0.1, 0.15) is 18.9 Å². The van der Waals surface area contributed by atoms with Crippen molar-refractivity contribution in [3.8, 4) is 0 Å². The van der Waals surface area contributed by atoms with Crippen LogP contribution >= 0.6 is 0 Å². The molecule has 0 fully saturated rings. The number of benzene rings is 1. The molecule has 0 aliphatic rings. The maximum absolute atomic E-state index is 11.6. The van der Waals surface area contributed by atoms with Gasteiger partial charge in [0.25, 0.3) is 5.97 Å². The highest BCUT2D eigenvalue weighted by atomic mass is 32.2. The minimum absolute atomic E-state index is 0.112. The molecule has 0 bridgehead atoms. The first-order chi connectivity index (χ1) is 7.27. The van der Waals surface area contributed by atoms with Crippen LogP contribution in [0.2, 0.25) is 0 Å². The van der Waals surface area contributed by atoms with Crippen molar-refractivity contribution in [1.29, 1.82) is 0 Å². The third-order valence-corrected chi connectivity index (χ3v) is 3.35. The minimum Gasteiger partial charge on any atom is -0.343 e. The molecule has 0 saturated carbocycles. The maximum Gasteiger partial charge on any atom is 0.301 e. The van der Waals surface area contributed by atoms with Crippen LogP contribution in [0.4, 0.5) is 0 Å². The van der Waals surface area contributed by atoms with Crippen LogP contribution in [0, 0.1) is 6.92 Å². The van der Waals surface area contributed by atoms with Crippen LogP contribution in [-0.4, -0.2) is 24.6 Å². The van der Waals surface area contributed by atoms with Gasteiger partial charge in [-0.3, -0.25) is 0 Å². The van der Waals surface area contributed by atoms with Gasteiger partial charge in [0.15, 0.2) is 0 Å². The Hall–Kier alpha value is -0.950. The van der Waals surface area contributed by atoms with Crippen molar-refractivity contribution < 1.29 is 22.8 Å². The summed E-state index contributed by atoms with van der Waals surface area (Å²) in [7, 11) is -4.15. The van der Waals surface area contributed by atoms with Gasteiger partial charge >= 0.3 is 10.1 Å². The molecule has 0 spiro atoms. The summed E-state index contributed by atoms with van der Waals surface area (Å²) in [5.41, 5.74) is 0.897. The van der Waals surface area contributed by atoms with Gasteiger partial charge in [-0.05, 0) is 19.1 Å². The lowest BCUT2D eigenvalue weighted by atomic mass is 10.2. The Morgan fingerprint density at radius 3 is 2.19 bits per heavy atom. The minimum atomic E-state index is -4.15. The average Bonchev–Trinajstić information content (AvgIpc) is 2.17. The first-order valence-corrected chi connectivity index (χ1v) is 6.15.